The third kappa shape index (κ3) is 3.96. The van der Waals surface area contributed by atoms with Gasteiger partial charge in [0.2, 0.25) is 10.0 Å². The summed E-state index contributed by atoms with van der Waals surface area (Å²) in [5, 5.41) is 0. The molecule has 8 heteroatoms. The molecule has 0 aromatic heterocycles. The Bertz CT molecular complexity index is 1090. The summed E-state index contributed by atoms with van der Waals surface area (Å²) in [7, 11) is -4.80. The number of amides is 1. The minimum absolute atomic E-state index is 0.193. The van der Waals surface area contributed by atoms with E-state index in [9.17, 15) is 17.4 Å². The number of sulfonamides is 1. The smallest absolute Gasteiger partial charge is 0.255 e. The average Bonchev–Trinajstić information content (AvgIpc) is 3.26. The van der Waals surface area contributed by atoms with Gasteiger partial charge in [0.05, 0.1) is 26.2 Å². The summed E-state index contributed by atoms with van der Waals surface area (Å²) in [6, 6.07) is 12.4. The molecule has 0 bridgehead atoms. The fourth-order valence-corrected chi connectivity index (χ4v) is 6.57. The van der Waals surface area contributed by atoms with Crippen LogP contribution in [0.5, 0.6) is 0 Å². The van der Waals surface area contributed by atoms with Gasteiger partial charge in [-0.05, 0) is 54.7 Å². The summed E-state index contributed by atoms with van der Waals surface area (Å²) in [5.41, 5.74) is 2.81. The second-order valence-corrected chi connectivity index (χ2v) is 11.3. The Balaban J connectivity index is 1.48. The Kier molecular flexibility index (Phi) is 6.09. The summed E-state index contributed by atoms with van der Waals surface area (Å²) in [4.78, 5) is 15.6. The molecule has 2 aliphatic rings. The van der Waals surface area contributed by atoms with E-state index in [1.165, 1.54) is 9.87 Å². The number of piperazine rings is 1. The Morgan fingerprint density at radius 3 is 2.43 bits per heavy atom. The van der Waals surface area contributed by atoms with Crippen molar-refractivity contribution >= 4 is 26.7 Å². The topological polar surface area (TPSA) is 74.8 Å². The highest BCUT2D eigenvalue weighted by atomic mass is 32.2. The Morgan fingerprint density at radius 2 is 1.70 bits per heavy atom. The van der Waals surface area contributed by atoms with E-state index in [4.69, 9.17) is 0 Å². The molecule has 1 aliphatic heterocycles. The standard InChI is InChI=1S/C22H26N2O4S2/c1-2-29(26)21-9-4-3-8-20(21)22(25)23-12-14-24(15-13-23)30(27,28)19-11-10-17-6-5-7-18(17)16-19/h3-4,8-11,16H,2,5-7,12-15H2,1H3. The molecule has 0 spiro atoms. The summed E-state index contributed by atoms with van der Waals surface area (Å²) >= 11 is 0. The van der Waals surface area contributed by atoms with Gasteiger partial charge in [-0.1, -0.05) is 25.1 Å². The SMILES string of the molecule is CCS(=O)c1ccccc1C(=O)N1CCN(S(=O)(=O)c2ccc3c(c2)CCC3)CC1. The molecule has 1 amide bonds. The van der Waals surface area contributed by atoms with E-state index in [1.54, 1.807) is 35.2 Å². The molecule has 4 rings (SSSR count). The molecule has 30 heavy (non-hydrogen) atoms. The molecule has 1 saturated heterocycles. The lowest BCUT2D eigenvalue weighted by Gasteiger charge is -2.34. The van der Waals surface area contributed by atoms with Crippen LogP contribution in [0.15, 0.2) is 52.3 Å². The van der Waals surface area contributed by atoms with Crippen LogP contribution < -0.4 is 0 Å². The quantitative estimate of drug-likeness (QED) is 0.707. The largest absolute Gasteiger partial charge is 0.336 e. The second kappa shape index (κ2) is 8.61. The zero-order chi connectivity index (χ0) is 21.3. The van der Waals surface area contributed by atoms with Gasteiger partial charge >= 0.3 is 0 Å². The molecular formula is C22H26N2O4S2. The monoisotopic (exact) mass is 446 g/mol. The Hall–Kier alpha value is -2.03. The van der Waals surface area contributed by atoms with Crippen molar-refractivity contribution in [2.75, 3.05) is 31.9 Å². The number of rotatable bonds is 5. The number of hydrogen-bond donors (Lipinski definition) is 0. The van der Waals surface area contributed by atoms with Gasteiger partial charge in [-0.3, -0.25) is 9.00 Å². The van der Waals surface area contributed by atoms with Crippen LogP contribution >= 0.6 is 0 Å². The van der Waals surface area contributed by atoms with Crippen LogP contribution in [-0.2, 0) is 33.7 Å². The molecule has 0 saturated carbocycles. The zero-order valence-electron chi connectivity index (χ0n) is 17.0. The molecule has 0 radical (unpaired) electrons. The number of fused-ring (bicyclic) bond motifs is 1. The van der Waals surface area contributed by atoms with E-state index >= 15 is 0 Å². The number of benzene rings is 2. The zero-order valence-corrected chi connectivity index (χ0v) is 18.7. The molecule has 1 aliphatic carbocycles. The lowest BCUT2D eigenvalue weighted by molar-refractivity contribution is 0.0694. The highest BCUT2D eigenvalue weighted by molar-refractivity contribution is 7.89. The van der Waals surface area contributed by atoms with E-state index in [2.05, 4.69) is 0 Å². The molecule has 1 heterocycles. The molecular weight excluding hydrogens is 420 g/mol. The van der Waals surface area contributed by atoms with Gasteiger partial charge in [-0.25, -0.2) is 8.42 Å². The molecule has 1 atom stereocenters. The van der Waals surface area contributed by atoms with Crippen LogP contribution in [0.3, 0.4) is 0 Å². The summed E-state index contributed by atoms with van der Waals surface area (Å²) in [5.74, 6) is 0.249. The molecule has 6 nitrogen and oxygen atoms in total. The van der Waals surface area contributed by atoms with Crippen molar-refractivity contribution in [1.29, 1.82) is 0 Å². The maximum atomic E-state index is 13.1. The van der Waals surface area contributed by atoms with E-state index < -0.39 is 20.8 Å². The normalized spacial score (nSPS) is 18.2. The first-order valence-electron chi connectivity index (χ1n) is 10.3. The first-order chi connectivity index (χ1) is 14.4. The van der Waals surface area contributed by atoms with Crippen LogP contribution in [0.25, 0.3) is 0 Å². The average molecular weight is 447 g/mol. The molecule has 160 valence electrons. The molecule has 0 N–H and O–H groups in total. The van der Waals surface area contributed by atoms with E-state index in [-0.39, 0.29) is 19.0 Å². The van der Waals surface area contributed by atoms with Crippen LogP contribution in [0.2, 0.25) is 0 Å². The third-order valence-corrected chi connectivity index (χ3v) is 9.12. The Morgan fingerprint density at radius 1 is 1.00 bits per heavy atom. The van der Waals surface area contributed by atoms with Crippen molar-refractivity contribution in [3.8, 4) is 0 Å². The van der Waals surface area contributed by atoms with Crippen molar-refractivity contribution in [3.63, 3.8) is 0 Å². The first kappa shape index (κ1) is 21.2. The van der Waals surface area contributed by atoms with Crippen molar-refractivity contribution in [2.45, 2.75) is 36.0 Å². The predicted octanol–water partition coefficient (Wildman–Crippen LogP) is 2.45. The van der Waals surface area contributed by atoms with Crippen LogP contribution in [0, 0.1) is 0 Å². The van der Waals surface area contributed by atoms with Crippen molar-refractivity contribution in [3.05, 3.63) is 59.2 Å². The molecule has 1 fully saturated rings. The van der Waals surface area contributed by atoms with Crippen molar-refractivity contribution in [2.24, 2.45) is 0 Å². The third-order valence-electron chi connectivity index (χ3n) is 5.86. The van der Waals surface area contributed by atoms with Gasteiger partial charge in [0.15, 0.2) is 0 Å². The Labute approximate surface area is 180 Å². The summed E-state index contributed by atoms with van der Waals surface area (Å²) in [6.45, 7) is 2.96. The lowest BCUT2D eigenvalue weighted by atomic mass is 10.1. The number of aryl methyl sites for hydroxylation is 2. The maximum absolute atomic E-state index is 13.1. The molecule has 2 aromatic rings. The minimum Gasteiger partial charge on any atom is -0.336 e. The fraction of sp³-hybridized carbons (Fsp3) is 0.409. The number of nitrogens with zero attached hydrogens (tertiary/aromatic N) is 2. The van der Waals surface area contributed by atoms with Crippen molar-refractivity contribution < 1.29 is 17.4 Å². The van der Waals surface area contributed by atoms with Crippen LogP contribution in [-0.4, -0.2) is 59.7 Å². The second-order valence-electron chi connectivity index (χ2n) is 7.61. The highest BCUT2D eigenvalue weighted by Crippen LogP contribution is 2.27. The summed E-state index contributed by atoms with van der Waals surface area (Å²) < 4.78 is 40.0. The number of carbonyl (C=O) groups excluding carboxylic acids is 1. The fourth-order valence-electron chi connectivity index (χ4n) is 4.16. The van der Waals surface area contributed by atoms with Gasteiger partial charge in [0, 0.05) is 31.9 Å². The number of carbonyl (C=O) groups is 1. The first-order valence-corrected chi connectivity index (χ1v) is 13.1. The van der Waals surface area contributed by atoms with Gasteiger partial charge in [-0.15, -0.1) is 0 Å². The maximum Gasteiger partial charge on any atom is 0.255 e. The van der Waals surface area contributed by atoms with Gasteiger partial charge in [0.1, 0.15) is 0 Å². The van der Waals surface area contributed by atoms with E-state index in [0.717, 1.165) is 24.8 Å². The van der Waals surface area contributed by atoms with E-state index in [0.29, 0.717) is 34.2 Å². The van der Waals surface area contributed by atoms with Crippen LogP contribution in [0.1, 0.15) is 34.8 Å². The summed E-state index contributed by atoms with van der Waals surface area (Å²) in [6.07, 6.45) is 3.02. The van der Waals surface area contributed by atoms with Crippen molar-refractivity contribution in [1.82, 2.24) is 9.21 Å². The van der Waals surface area contributed by atoms with Gasteiger partial charge in [-0.2, -0.15) is 4.31 Å². The minimum atomic E-state index is -3.58. The van der Waals surface area contributed by atoms with E-state index in [1.807, 2.05) is 19.1 Å². The predicted molar refractivity (Wildman–Crippen MR) is 117 cm³/mol. The van der Waals surface area contributed by atoms with Gasteiger partial charge in [0.25, 0.3) is 5.91 Å². The molecule has 2 aromatic carbocycles. The van der Waals surface area contributed by atoms with Crippen LogP contribution in [0.4, 0.5) is 0 Å². The highest BCUT2D eigenvalue weighted by Gasteiger charge is 2.32. The van der Waals surface area contributed by atoms with Gasteiger partial charge < -0.3 is 4.90 Å². The molecule has 1 unspecified atom stereocenters. The number of hydrogen-bond acceptors (Lipinski definition) is 4. The lowest BCUT2D eigenvalue weighted by Crippen LogP contribution is -2.50.